The molecule has 7 rings (SSSR count). The van der Waals surface area contributed by atoms with Gasteiger partial charge in [-0.2, -0.15) is 0 Å². The molecule has 3 aromatic rings. The van der Waals surface area contributed by atoms with E-state index < -0.39 is 58.8 Å². The highest BCUT2D eigenvalue weighted by molar-refractivity contribution is 8.00. The van der Waals surface area contributed by atoms with E-state index in [-0.39, 0.29) is 96.3 Å². The number of ketones is 4. The number of carbonyl (C=O) groups is 4. The molecule has 85 heavy (non-hydrogen) atoms. The third kappa shape index (κ3) is 20.2. The summed E-state index contributed by atoms with van der Waals surface area (Å²) in [6.45, 7) is 6.54. The second kappa shape index (κ2) is 35.7. The summed E-state index contributed by atoms with van der Waals surface area (Å²) in [5, 5.41) is 77.4. The fraction of sp³-hybridized carbons (Fsp3) is 0.607. The van der Waals surface area contributed by atoms with Crippen molar-refractivity contribution in [3.63, 3.8) is 0 Å². The van der Waals surface area contributed by atoms with Crippen molar-refractivity contribution in [1.29, 1.82) is 0 Å². The van der Waals surface area contributed by atoms with Crippen molar-refractivity contribution < 1.29 is 64.3 Å². The summed E-state index contributed by atoms with van der Waals surface area (Å²) >= 11 is 4.85. The Morgan fingerprint density at radius 1 is 0.729 bits per heavy atom. The van der Waals surface area contributed by atoms with Crippen LogP contribution in [0.2, 0.25) is 0 Å². The summed E-state index contributed by atoms with van der Waals surface area (Å²) in [6.07, 6.45) is 4.50. The van der Waals surface area contributed by atoms with Gasteiger partial charge in [0.1, 0.15) is 25.7 Å². The molecule has 0 bridgehead atoms. The number of benzene rings is 3. The van der Waals surface area contributed by atoms with Crippen LogP contribution in [-0.4, -0.2) is 218 Å². The number of aliphatic hydroxyl groups excluding tert-OH is 3. The third-order valence-electron chi connectivity index (χ3n) is 16.3. The number of aliphatic hydroxyl groups is 5. The quantitative estimate of drug-likeness (QED) is 0.00913. The molecule has 24 heteroatoms. The van der Waals surface area contributed by atoms with E-state index in [9.17, 15) is 54.9 Å². The van der Waals surface area contributed by atoms with Crippen molar-refractivity contribution >= 4 is 70.2 Å². The van der Waals surface area contributed by atoms with E-state index in [2.05, 4.69) is 9.98 Å². The molecule has 0 spiro atoms. The average Bonchev–Trinajstić information content (AvgIpc) is 1.60. The number of fused-ring (bicyclic) bond motifs is 1. The number of carbonyl (C=O) groups excluding carboxylic acids is 4. The molecule has 4 saturated heterocycles. The third-order valence-corrected chi connectivity index (χ3v) is 20.4. The van der Waals surface area contributed by atoms with Crippen LogP contribution in [-0.2, 0) is 4.79 Å². The maximum Gasteiger partial charge on any atom is 0.216 e. The number of nitrogens with two attached hydrogens (primary N) is 5. The molecule has 0 amide bonds. The first-order valence-corrected chi connectivity index (χ1v) is 32.8. The minimum atomic E-state index is -1.74. The minimum Gasteiger partial charge on any atom is -0.861 e. The van der Waals surface area contributed by atoms with Gasteiger partial charge in [0.15, 0.2) is 33.6 Å². The lowest BCUT2D eigenvalue weighted by molar-refractivity contribution is -0.916. The summed E-state index contributed by atoms with van der Waals surface area (Å²) < 4.78 is 0.218. The predicted molar refractivity (Wildman–Crippen MR) is 335 cm³/mol. The minimum absolute atomic E-state index is 0.00822. The molecule has 4 fully saturated rings. The van der Waals surface area contributed by atoms with Gasteiger partial charge >= 0.3 is 0 Å². The highest BCUT2D eigenvalue weighted by Gasteiger charge is 2.73. The summed E-state index contributed by atoms with van der Waals surface area (Å²) in [5.74, 6) is 0.178. The van der Waals surface area contributed by atoms with Crippen LogP contribution >= 0.6 is 35.3 Å². The maximum absolute atomic E-state index is 13.5. The number of quaternary nitrogens is 2. The van der Waals surface area contributed by atoms with Gasteiger partial charge in [-0.1, -0.05) is 141 Å². The Morgan fingerprint density at radius 2 is 1.28 bits per heavy atom. The van der Waals surface area contributed by atoms with Crippen LogP contribution < -0.4 is 43.8 Å². The average molecular weight is 1240 g/mol. The van der Waals surface area contributed by atoms with Gasteiger partial charge in [0, 0.05) is 78.3 Å². The van der Waals surface area contributed by atoms with Crippen molar-refractivity contribution in [3.05, 3.63) is 108 Å². The van der Waals surface area contributed by atoms with E-state index in [0.29, 0.717) is 81.7 Å². The Balaban J connectivity index is 0.000000250. The Labute approximate surface area is 514 Å². The zero-order valence-electron chi connectivity index (χ0n) is 49.4. The Morgan fingerprint density at radius 3 is 1.81 bits per heavy atom. The van der Waals surface area contributed by atoms with Crippen LogP contribution in [0.3, 0.4) is 0 Å². The molecule has 13 atom stereocenters. The zero-order valence-corrected chi connectivity index (χ0v) is 51.9. The lowest BCUT2D eigenvalue weighted by atomic mass is 9.79. The van der Waals surface area contributed by atoms with E-state index in [4.69, 9.17) is 28.7 Å². The van der Waals surface area contributed by atoms with Gasteiger partial charge in [-0.15, -0.1) is 11.8 Å². The summed E-state index contributed by atoms with van der Waals surface area (Å²) in [6, 6.07) is 24.3. The van der Waals surface area contributed by atoms with Gasteiger partial charge in [0.25, 0.3) is 0 Å². The SMILES string of the molecule is CC(CO)CC(CO)C1SCCN1C(C(=O)CN=C([O-])[C@@H](N)CCCCN)C(=O)c1ccccc1.CC(CO)CC1(O)C2SCC[N+]2(CC(=O)c2ccccc2)CC1(O)CN=C([O-])[C@@H](N)CCCCN.NC1SCC[NH+]1CC(=O)c1ccccc1. The summed E-state index contributed by atoms with van der Waals surface area (Å²) in [5.41, 5.74) is 27.2. The topological polar surface area (TPSA) is 378 Å². The highest BCUT2D eigenvalue weighted by atomic mass is 32.2. The van der Waals surface area contributed by atoms with Crippen molar-refractivity contribution in [2.24, 2.45) is 56.4 Å². The molecule has 4 aliphatic heterocycles. The number of Topliss-reactive ketones (excluding diaryl/α,β-unsaturated/α-hetero) is 4. The molecule has 11 unspecified atom stereocenters. The highest BCUT2D eigenvalue weighted by Crippen LogP contribution is 2.53. The lowest BCUT2D eigenvalue weighted by Crippen LogP contribution is -3.15. The van der Waals surface area contributed by atoms with E-state index >= 15 is 0 Å². The monoisotopic (exact) mass is 1240 g/mol. The second-order valence-corrected chi connectivity index (χ2v) is 26.7. The first-order chi connectivity index (χ1) is 40.7. The number of hydrogen-bond donors (Lipinski definition) is 11. The first-order valence-electron chi connectivity index (χ1n) is 29.7. The zero-order chi connectivity index (χ0) is 62.2. The smallest absolute Gasteiger partial charge is 0.216 e. The molecular weight excluding hydrogens is 1140 g/mol. The number of hydrogen-bond acceptors (Lipinski definition) is 22. The van der Waals surface area contributed by atoms with Crippen LogP contribution in [0.4, 0.5) is 0 Å². The number of thioether (sulfide) groups is 3. The molecule has 472 valence electrons. The number of nitrogens with one attached hydrogen (secondary N) is 1. The Bertz CT molecular complexity index is 2590. The van der Waals surface area contributed by atoms with Crippen molar-refractivity contribution in [2.75, 3.05) is 103 Å². The van der Waals surface area contributed by atoms with Crippen LogP contribution in [0.25, 0.3) is 0 Å². The van der Waals surface area contributed by atoms with Crippen molar-refractivity contribution in [1.82, 2.24) is 4.90 Å². The van der Waals surface area contributed by atoms with E-state index in [1.165, 1.54) is 16.7 Å². The van der Waals surface area contributed by atoms with Crippen LogP contribution in [0.15, 0.2) is 101 Å². The largest absolute Gasteiger partial charge is 0.861 e. The number of rotatable bonds is 32. The Kier molecular flexibility index (Phi) is 30.1. The van der Waals surface area contributed by atoms with Gasteiger partial charge in [-0.25, -0.2) is 0 Å². The van der Waals surface area contributed by atoms with E-state index in [1.807, 2.05) is 60.4 Å². The Hall–Kier alpha value is -4.19. The fourth-order valence-electron chi connectivity index (χ4n) is 11.5. The van der Waals surface area contributed by atoms with Crippen LogP contribution in [0.1, 0.15) is 96.3 Å². The molecule has 0 radical (unpaired) electrons. The number of unbranched alkanes of at least 4 members (excludes halogenated alkanes) is 2. The van der Waals surface area contributed by atoms with Gasteiger partial charge in [-0.05, 0) is 75.2 Å². The standard InChI is InChI=1S/2C25H40N4O5S.C11H14N2OS/c1-18(15-30)13-25(34)23-29(11-12-35-23,14-21(31)19-7-3-2-4-8-19)17-24(25,33)16-28-22(32)20(27)9-5-6-10-26;1-17(15-30)13-19(16-31)25-29(11-12-35-25)22(23(33)18-7-3-2-4-8-18)21(32)14-28-24(34)20(27)9-5-6-10-26;12-11-13(6-7-15-11)8-10(14)9-4-2-1-3-5-9/h2-4,7-8,18,20,23,30,33-34H,5-6,9-17,26-27H2,1H3;2-4,7-8,17,19-20,22,25,30-31H,5-6,9-16,26-27H2,1H3,(H,28,34);1-5,11H,6-8,12H2/t18?,20-,23?,24?,25?,29?;17?,19?,20-,22?,25?;/m00./s1. The first kappa shape index (κ1) is 71.6. The van der Waals surface area contributed by atoms with Crippen molar-refractivity contribution in [2.45, 2.75) is 111 Å². The summed E-state index contributed by atoms with van der Waals surface area (Å²) in [4.78, 5) is 63.0. The van der Waals surface area contributed by atoms with Crippen LogP contribution in [0.5, 0.6) is 0 Å². The maximum atomic E-state index is 13.5. The molecule has 0 aliphatic carbocycles. The van der Waals surface area contributed by atoms with Crippen molar-refractivity contribution in [3.8, 4) is 0 Å². The fourth-order valence-corrected chi connectivity index (χ4v) is 15.9. The van der Waals surface area contributed by atoms with Crippen LogP contribution in [0, 0.1) is 17.8 Å². The molecule has 0 saturated carbocycles. The number of aliphatic imine (C=N–C) groups is 2. The van der Waals surface area contributed by atoms with Gasteiger partial charge < -0.3 is 73.1 Å². The normalized spacial score (nSPS) is 26.2. The van der Waals surface area contributed by atoms with Gasteiger partial charge in [-0.3, -0.25) is 34.8 Å². The molecule has 3 aromatic carbocycles. The number of nitrogens with zero attached hydrogens (tertiary/aromatic N) is 4. The molecule has 4 aliphatic rings. The molecule has 4 heterocycles. The van der Waals surface area contributed by atoms with Gasteiger partial charge in [0.05, 0.1) is 31.6 Å². The molecule has 0 aromatic heterocycles. The molecule has 16 N–H and O–H groups in total. The molecular formula is C61H94N10O11S3. The lowest BCUT2D eigenvalue weighted by Gasteiger charge is -2.39. The van der Waals surface area contributed by atoms with Gasteiger partial charge in [0.2, 0.25) is 11.6 Å². The molecule has 21 nitrogen and oxygen atoms in total. The second-order valence-electron chi connectivity index (χ2n) is 23.0. The van der Waals surface area contributed by atoms with E-state index in [0.717, 1.165) is 36.5 Å². The predicted octanol–water partition coefficient (Wildman–Crippen LogP) is -0.764. The van der Waals surface area contributed by atoms with E-state index in [1.54, 1.807) is 72.9 Å². The summed E-state index contributed by atoms with van der Waals surface area (Å²) in [7, 11) is 0.